The van der Waals surface area contributed by atoms with Crippen molar-refractivity contribution in [3.05, 3.63) is 0 Å². The van der Waals surface area contributed by atoms with Crippen LogP contribution in [-0.2, 0) is 4.74 Å². The molecule has 0 fully saturated rings. The van der Waals surface area contributed by atoms with Gasteiger partial charge in [-0.25, -0.2) is 0 Å². The topological polar surface area (TPSA) is 9.23 Å². The number of ether oxygens (including phenoxy) is 1. The second kappa shape index (κ2) is 5.39. The van der Waals surface area contributed by atoms with E-state index in [0.717, 1.165) is 13.0 Å². The molecule has 0 aliphatic heterocycles. The molecule has 0 bridgehead atoms. The molecule has 1 nitrogen and oxygen atoms in total. The molecule has 1 unspecified atom stereocenters. The van der Waals surface area contributed by atoms with Crippen LogP contribution in [0.15, 0.2) is 0 Å². The van der Waals surface area contributed by atoms with Gasteiger partial charge in [0.15, 0.2) is 0 Å². The van der Waals surface area contributed by atoms with Crippen LogP contribution in [0, 0.1) is 5.92 Å². The highest BCUT2D eigenvalue weighted by Crippen LogP contribution is 2.03. The molecule has 50 valence electrons. The highest BCUT2D eigenvalue weighted by atomic mass is 35.5. The van der Waals surface area contributed by atoms with Crippen molar-refractivity contribution in [2.75, 3.05) is 19.6 Å². The van der Waals surface area contributed by atoms with Gasteiger partial charge in [0, 0.05) is 13.0 Å². The minimum atomic E-state index is 0.543. The van der Waals surface area contributed by atoms with Crippen molar-refractivity contribution >= 4 is 11.6 Å². The summed E-state index contributed by atoms with van der Waals surface area (Å²) in [5, 5.41) is 0. The third-order valence-electron chi connectivity index (χ3n) is 1.20. The molecule has 1 atom stereocenters. The third kappa shape index (κ3) is 3.28. The molecular formula is C6H13ClO. The van der Waals surface area contributed by atoms with Gasteiger partial charge in [-0.2, -0.15) is 0 Å². The van der Waals surface area contributed by atoms with E-state index >= 15 is 0 Å². The minimum absolute atomic E-state index is 0.543. The van der Waals surface area contributed by atoms with Crippen LogP contribution in [0.3, 0.4) is 0 Å². The number of methoxy groups -OCH3 is 1. The lowest BCUT2D eigenvalue weighted by molar-refractivity contribution is 0.159. The van der Waals surface area contributed by atoms with Crippen molar-refractivity contribution in [2.24, 2.45) is 5.92 Å². The first-order chi connectivity index (χ1) is 3.85. The van der Waals surface area contributed by atoms with Gasteiger partial charge >= 0.3 is 0 Å². The Morgan fingerprint density at radius 2 is 2.25 bits per heavy atom. The molecule has 0 rings (SSSR count). The average molecular weight is 137 g/mol. The Morgan fingerprint density at radius 1 is 1.62 bits per heavy atom. The van der Waals surface area contributed by atoms with Crippen molar-refractivity contribution in [3.63, 3.8) is 0 Å². The third-order valence-corrected chi connectivity index (χ3v) is 1.63. The summed E-state index contributed by atoms with van der Waals surface area (Å²) in [5.74, 6) is 1.26. The minimum Gasteiger partial charge on any atom is -0.384 e. The van der Waals surface area contributed by atoms with Gasteiger partial charge in [0.2, 0.25) is 0 Å². The van der Waals surface area contributed by atoms with Crippen molar-refractivity contribution < 1.29 is 4.74 Å². The van der Waals surface area contributed by atoms with Crippen molar-refractivity contribution in [3.8, 4) is 0 Å². The molecule has 0 aromatic rings. The zero-order valence-electron chi connectivity index (χ0n) is 5.48. The van der Waals surface area contributed by atoms with Gasteiger partial charge in [-0.1, -0.05) is 6.92 Å². The van der Waals surface area contributed by atoms with E-state index < -0.39 is 0 Å². The van der Waals surface area contributed by atoms with Gasteiger partial charge in [0.25, 0.3) is 0 Å². The fourth-order valence-electron chi connectivity index (χ4n) is 0.507. The maximum atomic E-state index is 5.57. The fraction of sp³-hybridized carbons (Fsp3) is 1.00. The van der Waals surface area contributed by atoms with Crippen molar-refractivity contribution in [2.45, 2.75) is 13.3 Å². The van der Waals surface area contributed by atoms with E-state index in [4.69, 9.17) is 16.3 Å². The van der Waals surface area contributed by atoms with Gasteiger partial charge in [0.05, 0.1) is 6.61 Å². The lowest BCUT2D eigenvalue weighted by Gasteiger charge is -2.07. The first-order valence-corrected chi connectivity index (χ1v) is 3.43. The fourth-order valence-corrected chi connectivity index (χ4v) is 0.815. The number of alkyl halides is 1. The highest BCUT2D eigenvalue weighted by Gasteiger charge is 2.01. The van der Waals surface area contributed by atoms with Crippen LogP contribution >= 0.6 is 11.6 Å². The standard InChI is InChI=1S/C6H13ClO/c1-3-6(4-7)5-8-2/h6H,3-5H2,1-2H3. The quantitative estimate of drug-likeness (QED) is 0.537. The largest absolute Gasteiger partial charge is 0.384 e. The Labute approximate surface area is 56.0 Å². The second-order valence-corrected chi connectivity index (χ2v) is 2.19. The Hall–Kier alpha value is 0.250. The highest BCUT2D eigenvalue weighted by molar-refractivity contribution is 6.18. The van der Waals surface area contributed by atoms with Crippen LogP contribution in [0.5, 0.6) is 0 Å². The van der Waals surface area contributed by atoms with Crippen LogP contribution < -0.4 is 0 Å². The van der Waals surface area contributed by atoms with Crippen LogP contribution in [0.25, 0.3) is 0 Å². The van der Waals surface area contributed by atoms with E-state index in [-0.39, 0.29) is 0 Å². The Bertz CT molecular complexity index is 43.8. The number of hydrogen-bond acceptors (Lipinski definition) is 1. The number of hydrogen-bond donors (Lipinski definition) is 0. The summed E-state index contributed by atoms with van der Waals surface area (Å²) in [6.45, 7) is 2.91. The lowest BCUT2D eigenvalue weighted by Crippen LogP contribution is -2.07. The zero-order chi connectivity index (χ0) is 6.41. The van der Waals surface area contributed by atoms with E-state index in [1.54, 1.807) is 7.11 Å². The van der Waals surface area contributed by atoms with Gasteiger partial charge in [0.1, 0.15) is 0 Å². The summed E-state index contributed by atoms with van der Waals surface area (Å²) in [6, 6.07) is 0. The molecule has 0 radical (unpaired) electrons. The molecule has 0 N–H and O–H groups in total. The van der Waals surface area contributed by atoms with Crippen LogP contribution in [0.2, 0.25) is 0 Å². The van der Waals surface area contributed by atoms with Crippen LogP contribution in [0.4, 0.5) is 0 Å². The van der Waals surface area contributed by atoms with E-state index in [1.807, 2.05) is 0 Å². The molecule has 0 aromatic carbocycles. The second-order valence-electron chi connectivity index (χ2n) is 1.88. The summed E-state index contributed by atoms with van der Waals surface area (Å²) in [5.41, 5.74) is 0. The SMILES string of the molecule is CCC(CCl)COC. The maximum absolute atomic E-state index is 5.57. The zero-order valence-corrected chi connectivity index (χ0v) is 6.24. The molecule has 0 saturated heterocycles. The molecule has 0 spiro atoms. The molecule has 0 saturated carbocycles. The molecule has 8 heavy (non-hydrogen) atoms. The van der Waals surface area contributed by atoms with Crippen LogP contribution in [0.1, 0.15) is 13.3 Å². The number of rotatable bonds is 4. The smallest absolute Gasteiger partial charge is 0.0501 e. The first-order valence-electron chi connectivity index (χ1n) is 2.90. The predicted molar refractivity (Wildman–Crippen MR) is 36.4 cm³/mol. The van der Waals surface area contributed by atoms with Gasteiger partial charge < -0.3 is 4.74 Å². The molecule has 0 aliphatic carbocycles. The Morgan fingerprint density at radius 3 is 2.38 bits per heavy atom. The van der Waals surface area contributed by atoms with Crippen molar-refractivity contribution in [1.29, 1.82) is 0 Å². The molecule has 0 heterocycles. The Balaban J connectivity index is 3.07. The van der Waals surface area contributed by atoms with Crippen LogP contribution in [-0.4, -0.2) is 19.6 Å². The van der Waals surface area contributed by atoms with Gasteiger partial charge in [-0.3, -0.25) is 0 Å². The lowest BCUT2D eigenvalue weighted by atomic mass is 10.1. The first kappa shape index (κ1) is 8.25. The van der Waals surface area contributed by atoms with Gasteiger partial charge in [-0.15, -0.1) is 11.6 Å². The summed E-state index contributed by atoms with van der Waals surface area (Å²) in [7, 11) is 1.70. The molecule has 2 heteroatoms. The van der Waals surface area contributed by atoms with E-state index in [0.29, 0.717) is 11.8 Å². The van der Waals surface area contributed by atoms with Gasteiger partial charge in [-0.05, 0) is 12.3 Å². The predicted octanol–water partition coefficient (Wildman–Crippen LogP) is 1.90. The summed E-state index contributed by atoms with van der Waals surface area (Å²) in [6.07, 6.45) is 1.11. The number of halogens is 1. The van der Waals surface area contributed by atoms with Crippen molar-refractivity contribution in [1.82, 2.24) is 0 Å². The monoisotopic (exact) mass is 136 g/mol. The van der Waals surface area contributed by atoms with E-state index in [9.17, 15) is 0 Å². The van der Waals surface area contributed by atoms with E-state index in [2.05, 4.69) is 6.92 Å². The molecule has 0 aromatic heterocycles. The molecule has 0 aliphatic rings. The molecular weight excluding hydrogens is 124 g/mol. The maximum Gasteiger partial charge on any atom is 0.0501 e. The average Bonchev–Trinajstić information content (AvgIpc) is 1.83. The van der Waals surface area contributed by atoms with E-state index in [1.165, 1.54) is 0 Å². The molecule has 0 amide bonds. The summed E-state index contributed by atoms with van der Waals surface area (Å²) >= 11 is 5.57. The summed E-state index contributed by atoms with van der Waals surface area (Å²) in [4.78, 5) is 0. The summed E-state index contributed by atoms with van der Waals surface area (Å²) < 4.78 is 4.90. The Kier molecular flexibility index (Phi) is 5.56. The normalized spacial score (nSPS) is 13.9.